The highest BCUT2D eigenvalue weighted by atomic mass is 16.5. The molecule has 1 aromatic carbocycles. The Hall–Kier alpha value is -2.73. The predicted octanol–water partition coefficient (Wildman–Crippen LogP) is 5.75. The van der Waals surface area contributed by atoms with Crippen molar-refractivity contribution in [3.8, 4) is 0 Å². The molecule has 1 aliphatic rings. The Kier molecular flexibility index (Phi) is 10.9. The summed E-state index contributed by atoms with van der Waals surface area (Å²) in [5.41, 5.74) is 3.19. The normalized spacial score (nSPS) is 14.7. The van der Waals surface area contributed by atoms with Crippen molar-refractivity contribution < 1.29 is 14.3 Å². The van der Waals surface area contributed by atoms with Crippen LogP contribution in [0.25, 0.3) is 0 Å². The molecule has 1 aromatic heterocycles. The van der Waals surface area contributed by atoms with Crippen LogP contribution >= 0.6 is 0 Å². The summed E-state index contributed by atoms with van der Waals surface area (Å²) >= 11 is 0. The first kappa shape index (κ1) is 27.9. The molecule has 1 amide bonds. The average Bonchev–Trinajstić information content (AvgIpc) is 2.91. The van der Waals surface area contributed by atoms with Crippen LogP contribution in [0.2, 0.25) is 0 Å². The van der Waals surface area contributed by atoms with Gasteiger partial charge in [-0.05, 0) is 73.9 Å². The smallest absolute Gasteiger partial charge is 0.337 e. The lowest BCUT2D eigenvalue weighted by Gasteiger charge is -2.38. The fourth-order valence-electron chi connectivity index (χ4n) is 4.75. The van der Waals surface area contributed by atoms with Gasteiger partial charge in [0.25, 0.3) is 5.91 Å². The van der Waals surface area contributed by atoms with Gasteiger partial charge in [0.2, 0.25) is 0 Å². The molecule has 0 atom stereocenters. The van der Waals surface area contributed by atoms with E-state index in [1.165, 1.54) is 31.9 Å². The summed E-state index contributed by atoms with van der Waals surface area (Å²) in [7, 11) is 1.38. The number of unbranched alkanes of at least 4 members (excludes halogenated alkanes) is 2. The quantitative estimate of drug-likeness (QED) is 0.278. The van der Waals surface area contributed by atoms with Gasteiger partial charge in [0, 0.05) is 31.9 Å². The molecule has 0 saturated carbocycles. The van der Waals surface area contributed by atoms with E-state index in [4.69, 9.17) is 4.74 Å². The van der Waals surface area contributed by atoms with E-state index in [0.717, 1.165) is 50.9 Å². The molecule has 0 N–H and O–H groups in total. The van der Waals surface area contributed by atoms with E-state index in [2.05, 4.69) is 30.7 Å². The molecule has 196 valence electrons. The van der Waals surface area contributed by atoms with Crippen LogP contribution in [0.3, 0.4) is 0 Å². The summed E-state index contributed by atoms with van der Waals surface area (Å²) in [4.78, 5) is 34.6. The maximum atomic E-state index is 13.7. The third-order valence-corrected chi connectivity index (χ3v) is 7.12. The maximum absolute atomic E-state index is 13.7. The van der Waals surface area contributed by atoms with Crippen molar-refractivity contribution in [1.29, 1.82) is 0 Å². The molecule has 3 rings (SSSR count). The van der Waals surface area contributed by atoms with Crippen LogP contribution in [0.4, 0.5) is 0 Å². The fraction of sp³-hybridized carbons (Fsp3) is 0.567. The summed E-state index contributed by atoms with van der Waals surface area (Å²) in [5, 5.41) is 0. The van der Waals surface area contributed by atoms with E-state index in [1.54, 1.807) is 12.1 Å². The summed E-state index contributed by atoms with van der Waals surface area (Å²) in [6.07, 6.45) is 9.53. The number of rotatable bonds is 12. The molecule has 6 heteroatoms. The SMILES string of the molecule is CCCCCc1ccc(C(=O)N(Cc2ccc(C(=O)OC)cc2)C2CCN(CCC(C)C)CC2)nc1. The van der Waals surface area contributed by atoms with Crippen LogP contribution in [-0.4, -0.2) is 59.4 Å². The van der Waals surface area contributed by atoms with Gasteiger partial charge in [-0.1, -0.05) is 51.8 Å². The van der Waals surface area contributed by atoms with Gasteiger partial charge in [-0.2, -0.15) is 0 Å². The molecule has 1 fully saturated rings. The van der Waals surface area contributed by atoms with Crippen molar-refractivity contribution in [2.24, 2.45) is 5.92 Å². The summed E-state index contributed by atoms with van der Waals surface area (Å²) in [6.45, 7) is 10.4. The third-order valence-electron chi connectivity index (χ3n) is 7.12. The van der Waals surface area contributed by atoms with Crippen LogP contribution in [0.1, 0.15) is 91.3 Å². The number of carbonyl (C=O) groups is 2. The van der Waals surface area contributed by atoms with Gasteiger partial charge in [0.15, 0.2) is 0 Å². The number of esters is 1. The highest BCUT2D eigenvalue weighted by molar-refractivity contribution is 5.92. The summed E-state index contributed by atoms with van der Waals surface area (Å²) in [6, 6.07) is 11.5. The molecule has 0 bridgehead atoms. The lowest BCUT2D eigenvalue weighted by Crippen LogP contribution is -2.47. The van der Waals surface area contributed by atoms with Gasteiger partial charge in [-0.3, -0.25) is 9.78 Å². The topological polar surface area (TPSA) is 62.7 Å². The second-order valence-electron chi connectivity index (χ2n) is 10.4. The fourth-order valence-corrected chi connectivity index (χ4v) is 4.75. The number of piperidine rings is 1. The van der Waals surface area contributed by atoms with E-state index < -0.39 is 0 Å². The first-order valence-electron chi connectivity index (χ1n) is 13.6. The van der Waals surface area contributed by atoms with Crippen molar-refractivity contribution in [3.05, 3.63) is 65.0 Å². The third kappa shape index (κ3) is 8.16. The minimum atomic E-state index is -0.355. The number of aryl methyl sites for hydroxylation is 1. The Morgan fingerprint density at radius 1 is 1.06 bits per heavy atom. The lowest BCUT2D eigenvalue weighted by atomic mass is 10.00. The number of pyridine rings is 1. The molecular formula is C30H43N3O3. The van der Waals surface area contributed by atoms with Crippen LogP contribution in [-0.2, 0) is 17.7 Å². The Bertz CT molecular complexity index is 948. The van der Waals surface area contributed by atoms with E-state index in [9.17, 15) is 9.59 Å². The van der Waals surface area contributed by atoms with Crippen molar-refractivity contribution in [1.82, 2.24) is 14.8 Å². The van der Waals surface area contributed by atoms with E-state index in [-0.39, 0.29) is 17.9 Å². The van der Waals surface area contributed by atoms with Crippen LogP contribution < -0.4 is 0 Å². The number of benzene rings is 1. The molecule has 0 unspecified atom stereocenters. The zero-order valence-corrected chi connectivity index (χ0v) is 22.5. The predicted molar refractivity (Wildman–Crippen MR) is 144 cm³/mol. The van der Waals surface area contributed by atoms with E-state index in [1.807, 2.05) is 35.4 Å². The largest absolute Gasteiger partial charge is 0.465 e. The number of hydrogen-bond acceptors (Lipinski definition) is 5. The summed E-state index contributed by atoms with van der Waals surface area (Å²) < 4.78 is 4.82. The zero-order chi connectivity index (χ0) is 25.9. The van der Waals surface area contributed by atoms with Crippen LogP contribution in [0.15, 0.2) is 42.6 Å². The van der Waals surface area contributed by atoms with E-state index in [0.29, 0.717) is 23.7 Å². The zero-order valence-electron chi connectivity index (χ0n) is 22.5. The number of ether oxygens (including phenoxy) is 1. The van der Waals surface area contributed by atoms with Crippen molar-refractivity contribution in [2.75, 3.05) is 26.7 Å². The number of amides is 1. The highest BCUT2D eigenvalue weighted by Gasteiger charge is 2.29. The van der Waals surface area contributed by atoms with Gasteiger partial charge < -0.3 is 14.5 Å². The molecule has 2 heterocycles. The molecule has 0 spiro atoms. The van der Waals surface area contributed by atoms with Crippen LogP contribution in [0, 0.1) is 5.92 Å². The van der Waals surface area contributed by atoms with Gasteiger partial charge in [-0.15, -0.1) is 0 Å². The number of methoxy groups -OCH3 is 1. The number of carbonyl (C=O) groups excluding carboxylic acids is 2. The average molecular weight is 494 g/mol. The molecule has 0 aliphatic carbocycles. The van der Waals surface area contributed by atoms with E-state index >= 15 is 0 Å². The first-order valence-corrected chi connectivity index (χ1v) is 13.6. The number of aromatic nitrogens is 1. The van der Waals surface area contributed by atoms with Crippen LogP contribution in [0.5, 0.6) is 0 Å². The minimum Gasteiger partial charge on any atom is -0.465 e. The minimum absolute atomic E-state index is 0.0206. The number of likely N-dealkylation sites (tertiary alicyclic amines) is 1. The maximum Gasteiger partial charge on any atom is 0.337 e. The molecule has 0 radical (unpaired) electrons. The van der Waals surface area contributed by atoms with Crippen molar-refractivity contribution in [3.63, 3.8) is 0 Å². The van der Waals surface area contributed by atoms with Gasteiger partial charge >= 0.3 is 5.97 Å². The number of hydrogen-bond donors (Lipinski definition) is 0. The van der Waals surface area contributed by atoms with Gasteiger partial charge in [0.05, 0.1) is 12.7 Å². The second-order valence-corrected chi connectivity index (χ2v) is 10.4. The Labute approximate surface area is 217 Å². The molecule has 6 nitrogen and oxygen atoms in total. The molecular weight excluding hydrogens is 450 g/mol. The first-order chi connectivity index (χ1) is 17.4. The lowest BCUT2D eigenvalue weighted by molar-refractivity contribution is 0.0538. The molecule has 1 saturated heterocycles. The van der Waals surface area contributed by atoms with Crippen molar-refractivity contribution in [2.45, 2.75) is 78.3 Å². The molecule has 2 aromatic rings. The standard InChI is InChI=1S/C30H43N3O3/c1-5-6-7-8-24-11-14-28(31-21-24)29(34)33(22-25-9-12-26(13-10-25)30(35)36-4)27-16-19-32(20-17-27)18-15-23(2)3/h9-14,21,23,27H,5-8,15-20,22H2,1-4H3. The highest BCUT2D eigenvalue weighted by Crippen LogP contribution is 2.22. The Morgan fingerprint density at radius 3 is 2.33 bits per heavy atom. The second kappa shape index (κ2) is 14.1. The molecule has 1 aliphatic heterocycles. The summed E-state index contributed by atoms with van der Waals surface area (Å²) in [5.74, 6) is 0.323. The Balaban J connectivity index is 1.73. The van der Waals surface area contributed by atoms with Crippen molar-refractivity contribution >= 4 is 11.9 Å². The van der Waals surface area contributed by atoms with Gasteiger partial charge in [-0.25, -0.2) is 4.79 Å². The monoisotopic (exact) mass is 493 g/mol. The van der Waals surface area contributed by atoms with Gasteiger partial charge in [0.1, 0.15) is 5.69 Å². The Morgan fingerprint density at radius 2 is 1.75 bits per heavy atom. The number of nitrogens with zero attached hydrogens (tertiary/aromatic N) is 3. The molecule has 36 heavy (non-hydrogen) atoms.